The largest absolute Gasteiger partial charge is 0.465 e. The van der Waals surface area contributed by atoms with Crippen LogP contribution in [0.5, 0.6) is 0 Å². The molecule has 1 aliphatic heterocycles. The van der Waals surface area contributed by atoms with Gasteiger partial charge in [-0.1, -0.05) is 5.16 Å². The van der Waals surface area contributed by atoms with Crippen molar-refractivity contribution >= 4 is 17.0 Å². The molecule has 1 N–H and O–H groups in total. The lowest BCUT2D eigenvalue weighted by Gasteiger charge is -2.33. The first-order valence-corrected chi connectivity index (χ1v) is 9.43. The van der Waals surface area contributed by atoms with Gasteiger partial charge < -0.3 is 19.0 Å². The Morgan fingerprint density at radius 2 is 2.04 bits per heavy atom. The predicted octanol–water partition coefficient (Wildman–Crippen LogP) is 2.54. The molecule has 8 nitrogen and oxygen atoms in total. The number of aryl methyl sites for hydroxylation is 3. The van der Waals surface area contributed by atoms with Crippen molar-refractivity contribution in [3.8, 4) is 0 Å². The Hall–Kier alpha value is -2.71. The molecule has 3 aromatic rings. The Labute approximate surface area is 162 Å². The van der Waals surface area contributed by atoms with Crippen molar-refractivity contribution in [3.05, 3.63) is 46.7 Å². The van der Waals surface area contributed by atoms with Crippen LogP contribution in [0.2, 0.25) is 0 Å². The molecule has 1 fully saturated rings. The van der Waals surface area contributed by atoms with E-state index < -0.39 is 0 Å². The quantitative estimate of drug-likeness (QED) is 0.722. The summed E-state index contributed by atoms with van der Waals surface area (Å²) in [5, 5.41) is 7.66. The van der Waals surface area contributed by atoms with E-state index in [2.05, 4.69) is 20.4 Å². The topological polar surface area (TPSA) is 93.6 Å². The van der Waals surface area contributed by atoms with Crippen LogP contribution in [0.3, 0.4) is 0 Å². The molecule has 148 valence electrons. The van der Waals surface area contributed by atoms with Gasteiger partial charge in [0.2, 0.25) is 0 Å². The number of amides is 1. The van der Waals surface area contributed by atoms with Gasteiger partial charge in [-0.3, -0.25) is 9.69 Å². The number of hydrogen-bond donors (Lipinski definition) is 1. The molecule has 1 saturated heterocycles. The van der Waals surface area contributed by atoms with Crippen LogP contribution in [-0.4, -0.2) is 53.8 Å². The Morgan fingerprint density at radius 3 is 2.75 bits per heavy atom. The standard InChI is InChI=1S/C20H24N4O4/c1-12-10-15(18-14(3)23-28-20(18)22-12)19(25)21-11-16(17-5-4-13(2)27-17)24-6-8-26-9-7-24/h4-5,10,16H,6-9,11H2,1-3H3,(H,21,25)/t16-/m1/s1. The maximum Gasteiger partial charge on any atom is 0.258 e. The zero-order valence-electron chi connectivity index (χ0n) is 16.3. The highest BCUT2D eigenvalue weighted by atomic mass is 16.5. The van der Waals surface area contributed by atoms with Crippen molar-refractivity contribution in [2.75, 3.05) is 32.8 Å². The molecule has 3 aromatic heterocycles. The molecule has 1 atom stereocenters. The van der Waals surface area contributed by atoms with Crippen molar-refractivity contribution in [2.45, 2.75) is 26.8 Å². The van der Waals surface area contributed by atoms with E-state index in [4.69, 9.17) is 13.7 Å². The van der Waals surface area contributed by atoms with Crippen LogP contribution in [0, 0.1) is 20.8 Å². The summed E-state index contributed by atoms with van der Waals surface area (Å²) in [4.78, 5) is 19.6. The number of pyridine rings is 1. The summed E-state index contributed by atoms with van der Waals surface area (Å²) in [6.45, 7) is 8.93. The van der Waals surface area contributed by atoms with Crippen LogP contribution >= 0.6 is 0 Å². The van der Waals surface area contributed by atoms with Gasteiger partial charge in [-0.25, -0.2) is 4.98 Å². The summed E-state index contributed by atoms with van der Waals surface area (Å²) in [6.07, 6.45) is 0. The van der Waals surface area contributed by atoms with Gasteiger partial charge in [0.15, 0.2) is 0 Å². The zero-order chi connectivity index (χ0) is 19.7. The van der Waals surface area contributed by atoms with Crippen LogP contribution in [0.25, 0.3) is 11.1 Å². The Morgan fingerprint density at radius 1 is 1.25 bits per heavy atom. The fourth-order valence-electron chi connectivity index (χ4n) is 3.61. The molecule has 0 unspecified atom stereocenters. The van der Waals surface area contributed by atoms with E-state index in [-0.39, 0.29) is 11.9 Å². The maximum atomic E-state index is 13.0. The average Bonchev–Trinajstić information content (AvgIpc) is 3.28. The second-order valence-electron chi connectivity index (χ2n) is 7.08. The predicted molar refractivity (Wildman–Crippen MR) is 102 cm³/mol. The molecular weight excluding hydrogens is 360 g/mol. The van der Waals surface area contributed by atoms with Crippen LogP contribution in [0.1, 0.15) is 39.3 Å². The van der Waals surface area contributed by atoms with Gasteiger partial charge in [0.05, 0.1) is 35.9 Å². The normalized spacial score (nSPS) is 16.4. The van der Waals surface area contributed by atoms with E-state index in [0.29, 0.717) is 47.8 Å². The molecule has 8 heteroatoms. The lowest BCUT2D eigenvalue weighted by Crippen LogP contribution is -2.43. The SMILES string of the molecule is Cc1cc(C(=O)NC[C@H](c2ccc(C)o2)N2CCOCC2)c2c(C)noc2n1. The summed E-state index contributed by atoms with van der Waals surface area (Å²) >= 11 is 0. The highest BCUT2D eigenvalue weighted by Gasteiger charge is 2.26. The van der Waals surface area contributed by atoms with Crippen LogP contribution < -0.4 is 5.32 Å². The van der Waals surface area contributed by atoms with Gasteiger partial charge in [0, 0.05) is 25.3 Å². The lowest BCUT2D eigenvalue weighted by atomic mass is 10.1. The molecule has 4 rings (SSSR count). The zero-order valence-corrected chi connectivity index (χ0v) is 16.3. The summed E-state index contributed by atoms with van der Waals surface area (Å²) in [5.74, 6) is 1.52. The van der Waals surface area contributed by atoms with E-state index in [0.717, 1.165) is 24.6 Å². The fraction of sp³-hybridized carbons (Fsp3) is 0.450. The molecule has 0 saturated carbocycles. The van der Waals surface area contributed by atoms with Crippen LogP contribution in [0.15, 0.2) is 27.1 Å². The first-order valence-electron chi connectivity index (χ1n) is 9.43. The number of ether oxygens (including phenoxy) is 1. The van der Waals surface area contributed by atoms with Crippen molar-refractivity contribution in [1.82, 2.24) is 20.4 Å². The number of furan rings is 1. The van der Waals surface area contributed by atoms with Crippen LogP contribution in [-0.2, 0) is 4.74 Å². The molecule has 4 heterocycles. The van der Waals surface area contributed by atoms with Gasteiger partial charge in [0.1, 0.15) is 11.5 Å². The minimum atomic E-state index is -0.177. The van der Waals surface area contributed by atoms with E-state index in [1.807, 2.05) is 32.9 Å². The average molecular weight is 384 g/mol. The number of aromatic nitrogens is 2. The van der Waals surface area contributed by atoms with Gasteiger partial charge in [0.25, 0.3) is 11.6 Å². The van der Waals surface area contributed by atoms with Crippen molar-refractivity contribution < 1.29 is 18.5 Å². The van der Waals surface area contributed by atoms with E-state index in [1.165, 1.54) is 0 Å². The van der Waals surface area contributed by atoms with E-state index in [9.17, 15) is 4.79 Å². The summed E-state index contributed by atoms with van der Waals surface area (Å²) in [5.41, 5.74) is 2.27. The minimum absolute atomic E-state index is 0.0523. The van der Waals surface area contributed by atoms with Crippen molar-refractivity contribution in [1.29, 1.82) is 0 Å². The van der Waals surface area contributed by atoms with E-state index >= 15 is 0 Å². The van der Waals surface area contributed by atoms with Gasteiger partial charge in [-0.05, 0) is 39.0 Å². The first-order chi connectivity index (χ1) is 13.5. The number of nitrogens with zero attached hydrogens (tertiary/aromatic N) is 3. The summed E-state index contributed by atoms with van der Waals surface area (Å²) in [6, 6.07) is 5.63. The summed E-state index contributed by atoms with van der Waals surface area (Å²) in [7, 11) is 0. The van der Waals surface area contributed by atoms with Crippen molar-refractivity contribution in [2.24, 2.45) is 0 Å². The van der Waals surface area contributed by atoms with Gasteiger partial charge in [-0.2, -0.15) is 0 Å². The number of morpholine rings is 1. The third-order valence-electron chi connectivity index (χ3n) is 5.02. The monoisotopic (exact) mass is 384 g/mol. The Balaban J connectivity index is 1.57. The third kappa shape index (κ3) is 3.65. The molecule has 0 spiro atoms. The molecule has 0 bridgehead atoms. The molecule has 0 aliphatic carbocycles. The molecule has 28 heavy (non-hydrogen) atoms. The fourth-order valence-corrected chi connectivity index (χ4v) is 3.61. The number of rotatable bonds is 5. The number of carbonyl (C=O) groups is 1. The molecule has 0 aromatic carbocycles. The lowest BCUT2D eigenvalue weighted by molar-refractivity contribution is 0.0117. The number of nitrogens with one attached hydrogen (secondary N) is 1. The van der Waals surface area contributed by atoms with Gasteiger partial charge >= 0.3 is 0 Å². The Kier molecular flexibility index (Phi) is 5.15. The molecule has 1 amide bonds. The third-order valence-corrected chi connectivity index (χ3v) is 5.02. The second kappa shape index (κ2) is 7.73. The maximum absolute atomic E-state index is 13.0. The minimum Gasteiger partial charge on any atom is -0.465 e. The molecule has 1 aliphatic rings. The van der Waals surface area contributed by atoms with Crippen LogP contribution in [0.4, 0.5) is 0 Å². The van der Waals surface area contributed by atoms with Gasteiger partial charge in [-0.15, -0.1) is 0 Å². The highest BCUT2D eigenvalue weighted by molar-refractivity contribution is 6.06. The van der Waals surface area contributed by atoms with Crippen molar-refractivity contribution in [3.63, 3.8) is 0 Å². The smallest absolute Gasteiger partial charge is 0.258 e. The molecule has 0 radical (unpaired) electrons. The number of carbonyl (C=O) groups excluding carboxylic acids is 1. The first kappa shape index (κ1) is 18.6. The number of hydrogen-bond acceptors (Lipinski definition) is 7. The highest BCUT2D eigenvalue weighted by Crippen LogP contribution is 2.25. The van der Waals surface area contributed by atoms with E-state index in [1.54, 1.807) is 6.07 Å². The number of fused-ring (bicyclic) bond motifs is 1. The Bertz CT molecular complexity index is 987. The summed E-state index contributed by atoms with van der Waals surface area (Å²) < 4.78 is 16.6. The molecular formula is C20H24N4O4. The second-order valence-corrected chi connectivity index (χ2v) is 7.08.